The molecule has 8 heteroatoms. The Bertz CT molecular complexity index is 1090. The normalized spacial score (nSPS) is 12.9. The summed E-state index contributed by atoms with van der Waals surface area (Å²) < 4.78 is 5.29. The number of aryl methyl sites for hydroxylation is 3. The Morgan fingerprint density at radius 2 is 1.70 bits per heavy atom. The number of amides is 3. The first-order chi connectivity index (χ1) is 17.4. The molecule has 0 aliphatic heterocycles. The van der Waals surface area contributed by atoms with Crippen LogP contribution in [-0.4, -0.2) is 52.7 Å². The number of carbonyl (C=O) groups is 3. The van der Waals surface area contributed by atoms with Gasteiger partial charge in [-0.3, -0.25) is 9.59 Å². The first kappa shape index (κ1) is 29.8. The van der Waals surface area contributed by atoms with Gasteiger partial charge < -0.3 is 25.4 Å². The van der Waals surface area contributed by atoms with Crippen LogP contribution in [-0.2, 0) is 14.3 Å². The monoisotopic (exact) mass is 511 g/mol. The van der Waals surface area contributed by atoms with Crippen LogP contribution in [0.3, 0.4) is 0 Å². The van der Waals surface area contributed by atoms with Gasteiger partial charge in [0.15, 0.2) is 0 Å². The SMILES string of the molecule is CCCCN(C(=O)C(CO)NC(=O)OC(C)(C)C)C(C(=O)Nc1ccccc1C)c1ccc(C)cc1C. The molecule has 0 aliphatic carbocycles. The zero-order valence-corrected chi connectivity index (χ0v) is 23.1. The van der Waals surface area contributed by atoms with Crippen molar-refractivity contribution in [2.45, 2.75) is 79.0 Å². The van der Waals surface area contributed by atoms with Crippen molar-refractivity contribution in [3.05, 3.63) is 64.7 Å². The largest absolute Gasteiger partial charge is 0.444 e. The van der Waals surface area contributed by atoms with E-state index < -0.39 is 36.3 Å². The number of hydrogen-bond donors (Lipinski definition) is 3. The fourth-order valence-corrected chi connectivity index (χ4v) is 4.03. The Labute approximate surface area is 220 Å². The highest BCUT2D eigenvalue weighted by molar-refractivity contribution is 5.99. The first-order valence-electron chi connectivity index (χ1n) is 12.7. The topological polar surface area (TPSA) is 108 Å². The van der Waals surface area contributed by atoms with Crippen molar-refractivity contribution in [3.63, 3.8) is 0 Å². The molecule has 0 bridgehead atoms. The molecular weight excluding hydrogens is 470 g/mol. The summed E-state index contributed by atoms with van der Waals surface area (Å²) in [6.45, 7) is 12.5. The molecule has 0 heterocycles. The minimum atomic E-state index is -1.27. The average molecular weight is 512 g/mol. The number of ether oxygens (including phenoxy) is 1. The number of aliphatic hydroxyl groups excluding tert-OH is 1. The van der Waals surface area contributed by atoms with E-state index >= 15 is 0 Å². The minimum absolute atomic E-state index is 0.265. The number of anilines is 1. The average Bonchev–Trinajstić information content (AvgIpc) is 2.81. The summed E-state index contributed by atoms with van der Waals surface area (Å²) in [4.78, 5) is 41.5. The van der Waals surface area contributed by atoms with Crippen molar-refractivity contribution in [3.8, 4) is 0 Å². The highest BCUT2D eigenvalue weighted by Gasteiger charge is 2.36. The maximum Gasteiger partial charge on any atom is 0.408 e. The van der Waals surface area contributed by atoms with Crippen molar-refractivity contribution in [1.29, 1.82) is 0 Å². The molecule has 2 rings (SSSR count). The van der Waals surface area contributed by atoms with E-state index in [4.69, 9.17) is 4.74 Å². The Balaban J connectivity index is 2.52. The zero-order valence-electron chi connectivity index (χ0n) is 23.1. The van der Waals surface area contributed by atoms with Crippen LogP contribution in [0.5, 0.6) is 0 Å². The maximum atomic E-state index is 13.9. The highest BCUT2D eigenvalue weighted by atomic mass is 16.6. The summed E-state index contributed by atoms with van der Waals surface area (Å²) in [5.74, 6) is -0.939. The summed E-state index contributed by atoms with van der Waals surface area (Å²) in [6.07, 6.45) is 0.601. The van der Waals surface area contributed by atoms with Crippen molar-refractivity contribution in [1.82, 2.24) is 10.2 Å². The third-order valence-electron chi connectivity index (χ3n) is 5.89. The molecule has 0 radical (unpaired) electrons. The Morgan fingerprint density at radius 1 is 1.03 bits per heavy atom. The van der Waals surface area contributed by atoms with Gasteiger partial charge in [-0.2, -0.15) is 0 Å². The third-order valence-corrected chi connectivity index (χ3v) is 5.89. The Kier molecular flexibility index (Phi) is 10.7. The number of benzene rings is 2. The summed E-state index contributed by atoms with van der Waals surface area (Å²) in [5.41, 5.74) is 3.34. The van der Waals surface area contributed by atoms with E-state index in [9.17, 15) is 19.5 Å². The van der Waals surface area contributed by atoms with Crippen LogP contribution in [0.15, 0.2) is 42.5 Å². The lowest BCUT2D eigenvalue weighted by atomic mass is 9.96. The van der Waals surface area contributed by atoms with E-state index in [1.54, 1.807) is 20.8 Å². The van der Waals surface area contributed by atoms with Crippen LogP contribution in [0.1, 0.15) is 68.8 Å². The molecule has 2 atom stereocenters. The third kappa shape index (κ3) is 8.60. The van der Waals surface area contributed by atoms with Gasteiger partial charge >= 0.3 is 6.09 Å². The van der Waals surface area contributed by atoms with Crippen LogP contribution in [0.2, 0.25) is 0 Å². The summed E-state index contributed by atoms with van der Waals surface area (Å²) in [7, 11) is 0. The molecule has 2 aromatic carbocycles. The number of aliphatic hydroxyl groups is 1. The molecule has 202 valence electrons. The standard InChI is InChI=1S/C29H41N3O5/c1-8-9-16-32(27(35)24(18-33)31-28(36)37-29(5,6)7)25(22-15-14-19(2)17-21(22)4)26(34)30-23-13-11-10-12-20(23)3/h10-15,17,24-25,33H,8-9,16,18H2,1-7H3,(H,30,34)(H,31,36). The number of para-hydroxylation sites is 1. The molecule has 0 spiro atoms. The predicted molar refractivity (Wildman–Crippen MR) is 145 cm³/mol. The van der Waals surface area contributed by atoms with Gasteiger partial charge in [-0.05, 0) is 70.7 Å². The van der Waals surface area contributed by atoms with Crippen LogP contribution in [0, 0.1) is 20.8 Å². The fraction of sp³-hybridized carbons (Fsp3) is 0.483. The van der Waals surface area contributed by atoms with E-state index in [0.717, 1.165) is 23.1 Å². The van der Waals surface area contributed by atoms with Gasteiger partial charge in [0.25, 0.3) is 5.91 Å². The number of hydrogen-bond acceptors (Lipinski definition) is 5. The van der Waals surface area contributed by atoms with E-state index in [1.807, 2.05) is 70.2 Å². The molecule has 0 aromatic heterocycles. The first-order valence-corrected chi connectivity index (χ1v) is 12.7. The van der Waals surface area contributed by atoms with Gasteiger partial charge in [-0.15, -0.1) is 0 Å². The number of alkyl carbamates (subject to hydrolysis) is 1. The molecule has 8 nitrogen and oxygen atoms in total. The molecule has 3 N–H and O–H groups in total. The molecule has 2 aromatic rings. The Hall–Kier alpha value is -3.39. The van der Waals surface area contributed by atoms with Gasteiger partial charge in [-0.1, -0.05) is 55.3 Å². The molecule has 37 heavy (non-hydrogen) atoms. The lowest BCUT2D eigenvalue weighted by molar-refractivity contribution is -0.141. The Morgan fingerprint density at radius 3 is 2.27 bits per heavy atom. The van der Waals surface area contributed by atoms with Crippen LogP contribution in [0.25, 0.3) is 0 Å². The number of unbranched alkanes of at least 4 members (excludes halogenated alkanes) is 1. The van der Waals surface area contributed by atoms with Crippen molar-refractivity contribution in [2.75, 3.05) is 18.5 Å². The van der Waals surface area contributed by atoms with Gasteiger partial charge in [-0.25, -0.2) is 4.79 Å². The van der Waals surface area contributed by atoms with E-state index in [0.29, 0.717) is 17.7 Å². The number of nitrogens with zero attached hydrogens (tertiary/aromatic N) is 1. The second kappa shape index (κ2) is 13.2. The maximum absolute atomic E-state index is 13.9. The predicted octanol–water partition coefficient (Wildman–Crippen LogP) is 4.81. The second-order valence-corrected chi connectivity index (χ2v) is 10.3. The number of nitrogens with one attached hydrogen (secondary N) is 2. The summed E-state index contributed by atoms with van der Waals surface area (Å²) in [5, 5.41) is 15.5. The molecule has 3 amide bonds. The molecule has 0 saturated heterocycles. The molecule has 0 fully saturated rings. The minimum Gasteiger partial charge on any atom is -0.444 e. The van der Waals surface area contributed by atoms with Gasteiger partial charge in [0, 0.05) is 12.2 Å². The zero-order chi connectivity index (χ0) is 27.8. The molecule has 0 saturated carbocycles. The van der Waals surface area contributed by atoms with E-state index in [1.165, 1.54) is 4.90 Å². The fourth-order valence-electron chi connectivity index (χ4n) is 4.03. The van der Waals surface area contributed by atoms with Crippen molar-refractivity contribution < 1.29 is 24.2 Å². The molecule has 0 aliphatic rings. The summed E-state index contributed by atoms with van der Waals surface area (Å²) >= 11 is 0. The lowest BCUT2D eigenvalue weighted by Crippen LogP contribution is -2.54. The number of rotatable bonds is 10. The van der Waals surface area contributed by atoms with E-state index in [2.05, 4.69) is 10.6 Å². The second-order valence-electron chi connectivity index (χ2n) is 10.3. The smallest absolute Gasteiger partial charge is 0.408 e. The van der Waals surface area contributed by atoms with Gasteiger partial charge in [0.2, 0.25) is 5.91 Å². The van der Waals surface area contributed by atoms with Crippen LogP contribution >= 0.6 is 0 Å². The van der Waals surface area contributed by atoms with Gasteiger partial charge in [0.1, 0.15) is 17.7 Å². The van der Waals surface area contributed by atoms with Gasteiger partial charge in [0.05, 0.1) is 6.61 Å². The summed E-state index contributed by atoms with van der Waals surface area (Å²) in [6, 6.07) is 10.9. The number of carbonyl (C=O) groups excluding carboxylic acids is 3. The molecule has 2 unspecified atom stereocenters. The van der Waals surface area contributed by atoms with Crippen LogP contribution in [0.4, 0.5) is 10.5 Å². The highest BCUT2D eigenvalue weighted by Crippen LogP contribution is 2.28. The van der Waals surface area contributed by atoms with Crippen molar-refractivity contribution >= 4 is 23.6 Å². The molecular formula is C29H41N3O5. The van der Waals surface area contributed by atoms with Crippen LogP contribution < -0.4 is 10.6 Å². The van der Waals surface area contributed by atoms with E-state index in [-0.39, 0.29) is 12.5 Å². The quantitative estimate of drug-likeness (QED) is 0.424. The lowest BCUT2D eigenvalue weighted by Gasteiger charge is -2.35. The van der Waals surface area contributed by atoms with Crippen molar-refractivity contribution in [2.24, 2.45) is 0 Å².